The quantitative estimate of drug-likeness (QED) is 0.891. The number of anilines is 1. The maximum atomic E-state index is 11.8. The number of nitrogens with one attached hydrogen (secondary N) is 2. The van der Waals surface area contributed by atoms with E-state index < -0.39 is 0 Å². The van der Waals surface area contributed by atoms with Crippen LogP contribution in [0.15, 0.2) is 24.3 Å². The van der Waals surface area contributed by atoms with Crippen molar-refractivity contribution in [2.24, 2.45) is 0 Å². The number of carbonyl (C=O) groups excluding carboxylic acids is 1. The second-order valence-electron chi connectivity index (χ2n) is 6.20. The molecule has 2 saturated heterocycles. The van der Waals surface area contributed by atoms with Crippen LogP contribution in [-0.4, -0.2) is 37.6 Å². The number of carbonyl (C=O) groups is 1. The summed E-state index contributed by atoms with van der Waals surface area (Å²) in [5.74, 6) is 0.183. The number of para-hydroxylation sites is 1. The average Bonchev–Trinajstić information content (AvgIpc) is 2.51. The maximum absolute atomic E-state index is 11.8. The first kappa shape index (κ1) is 14.4. The molecule has 21 heavy (non-hydrogen) atoms. The van der Waals surface area contributed by atoms with Crippen LogP contribution < -0.4 is 15.5 Å². The molecule has 2 fully saturated rings. The summed E-state index contributed by atoms with van der Waals surface area (Å²) in [6, 6.07) is 9.07. The van der Waals surface area contributed by atoms with Crippen molar-refractivity contribution in [1.82, 2.24) is 10.6 Å². The van der Waals surface area contributed by atoms with Crippen LogP contribution in [0.25, 0.3) is 0 Å². The zero-order valence-corrected chi connectivity index (χ0v) is 12.8. The number of piperidine rings is 2. The van der Waals surface area contributed by atoms with Gasteiger partial charge in [0.2, 0.25) is 5.91 Å². The number of rotatable bonds is 3. The third-order valence-electron chi connectivity index (χ3n) is 4.67. The summed E-state index contributed by atoms with van der Waals surface area (Å²) in [5, 5.41) is 6.51. The third kappa shape index (κ3) is 3.38. The van der Waals surface area contributed by atoms with E-state index in [9.17, 15) is 4.79 Å². The Bertz CT molecular complexity index is 495. The highest BCUT2D eigenvalue weighted by molar-refractivity contribution is 5.82. The van der Waals surface area contributed by atoms with E-state index in [0.29, 0.717) is 6.04 Å². The largest absolute Gasteiger partial charge is 0.371 e. The summed E-state index contributed by atoms with van der Waals surface area (Å²) in [4.78, 5) is 14.3. The Labute approximate surface area is 126 Å². The molecular formula is C17H25N3O. The van der Waals surface area contributed by atoms with Crippen molar-refractivity contribution < 1.29 is 4.79 Å². The molecule has 3 rings (SSSR count). The SMILES string of the molecule is Cc1ccccc1N1CCC(NC2CCCNC2=O)CC1. The van der Waals surface area contributed by atoms with Gasteiger partial charge in [-0.3, -0.25) is 4.79 Å². The molecule has 0 radical (unpaired) electrons. The minimum Gasteiger partial charge on any atom is -0.371 e. The standard InChI is InChI=1S/C17H25N3O/c1-13-5-2-3-7-16(13)20-11-8-14(9-12-20)19-15-6-4-10-18-17(15)21/h2-3,5,7,14-15,19H,4,6,8-12H2,1H3,(H,18,21). The molecular weight excluding hydrogens is 262 g/mol. The lowest BCUT2D eigenvalue weighted by atomic mass is 9.99. The normalized spacial score (nSPS) is 24.0. The zero-order chi connectivity index (χ0) is 14.7. The van der Waals surface area contributed by atoms with Crippen molar-refractivity contribution in [3.05, 3.63) is 29.8 Å². The van der Waals surface area contributed by atoms with Crippen molar-refractivity contribution in [1.29, 1.82) is 0 Å². The highest BCUT2D eigenvalue weighted by Crippen LogP contribution is 2.23. The molecule has 0 bridgehead atoms. The van der Waals surface area contributed by atoms with Gasteiger partial charge in [0.05, 0.1) is 6.04 Å². The molecule has 4 nitrogen and oxygen atoms in total. The van der Waals surface area contributed by atoms with Gasteiger partial charge in [-0.25, -0.2) is 0 Å². The van der Waals surface area contributed by atoms with Crippen LogP contribution in [0.4, 0.5) is 5.69 Å². The minimum absolute atomic E-state index is 0.0220. The molecule has 4 heteroatoms. The highest BCUT2D eigenvalue weighted by atomic mass is 16.2. The van der Waals surface area contributed by atoms with E-state index in [0.717, 1.165) is 45.3 Å². The summed E-state index contributed by atoms with van der Waals surface area (Å²) in [6.45, 7) is 5.14. The molecule has 2 aliphatic rings. The van der Waals surface area contributed by atoms with E-state index in [1.807, 2.05) is 0 Å². The molecule has 1 atom stereocenters. The summed E-state index contributed by atoms with van der Waals surface area (Å²) in [7, 11) is 0. The van der Waals surface area contributed by atoms with E-state index in [1.54, 1.807) is 0 Å². The minimum atomic E-state index is 0.0220. The second-order valence-corrected chi connectivity index (χ2v) is 6.20. The molecule has 1 aromatic carbocycles. The number of nitrogens with zero attached hydrogens (tertiary/aromatic N) is 1. The Kier molecular flexibility index (Phi) is 4.44. The summed E-state index contributed by atoms with van der Waals surface area (Å²) in [6.07, 6.45) is 4.28. The van der Waals surface area contributed by atoms with Crippen LogP contribution in [0.5, 0.6) is 0 Å². The van der Waals surface area contributed by atoms with E-state index in [1.165, 1.54) is 11.3 Å². The van der Waals surface area contributed by atoms with Gasteiger partial charge < -0.3 is 15.5 Å². The molecule has 2 heterocycles. The molecule has 114 valence electrons. The van der Waals surface area contributed by atoms with Crippen molar-refractivity contribution in [2.45, 2.75) is 44.7 Å². The third-order valence-corrected chi connectivity index (χ3v) is 4.67. The maximum Gasteiger partial charge on any atom is 0.237 e. The second kappa shape index (κ2) is 6.48. The molecule has 1 amide bonds. The average molecular weight is 287 g/mol. The number of hydrogen-bond acceptors (Lipinski definition) is 3. The van der Waals surface area contributed by atoms with Gasteiger partial charge in [-0.2, -0.15) is 0 Å². The fourth-order valence-electron chi connectivity index (χ4n) is 3.42. The van der Waals surface area contributed by atoms with Gasteiger partial charge in [-0.15, -0.1) is 0 Å². The van der Waals surface area contributed by atoms with Gasteiger partial charge in [-0.05, 0) is 44.2 Å². The van der Waals surface area contributed by atoms with Crippen molar-refractivity contribution in [3.8, 4) is 0 Å². The molecule has 2 aliphatic heterocycles. The molecule has 0 saturated carbocycles. The molecule has 0 aliphatic carbocycles. The first-order valence-corrected chi connectivity index (χ1v) is 8.08. The van der Waals surface area contributed by atoms with Crippen LogP contribution in [0.2, 0.25) is 0 Å². The monoisotopic (exact) mass is 287 g/mol. The van der Waals surface area contributed by atoms with Gasteiger partial charge in [0.25, 0.3) is 0 Å². The van der Waals surface area contributed by atoms with Crippen LogP contribution in [-0.2, 0) is 4.79 Å². The molecule has 1 unspecified atom stereocenters. The summed E-state index contributed by atoms with van der Waals surface area (Å²) < 4.78 is 0. The van der Waals surface area contributed by atoms with E-state index in [2.05, 4.69) is 46.7 Å². The lowest BCUT2D eigenvalue weighted by Crippen LogP contribution is -2.54. The highest BCUT2D eigenvalue weighted by Gasteiger charge is 2.27. The number of amides is 1. The first-order chi connectivity index (χ1) is 10.2. The van der Waals surface area contributed by atoms with Crippen LogP contribution in [0.3, 0.4) is 0 Å². The topological polar surface area (TPSA) is 44.4 Å². The van der Waals surface area contributed by atoms with E-state index in [-0.39, 0.29) is 11.9 Å². The van der Waals surface area contributed by atoms with Crippen molar-refractivity contribution >= 4 is 11.6 Å². The number of benzene rings is 1. The predicted molar refractivity (Wildman–Crippen MR) is 85.6 cm³/mol. The smallest absolute Gasteiger partial charge is 0.237 e. The van der Waals surface area contributed by atoms with Gasteiger partial charge >= 0.3 is 0 Å². The lowest BCUT2D eigenvalue weighted by Gasteiger charge is -2.37. The lowest BCUT2D eigenvalue weighted by molar-refractivity contribution is -0.124. The Morgan fingerprint density at radius 1 is 1.19 bits per heavy atom. The fourth-order valence-corrected chi connectivity index (χ4v) is 3.42. The Morgan fingerprint density at radius 2 is 1.95 bits per heavy atom. The Hall–Kier alpha value is -1.55. The Balaban J connectivity index is 1.53. The molecule has 0 spiro atoms. The predicted octanol–water partition coefficient (Wildman–Crippen LogP) is 1.83. The van der Waals surface area contributed by atoms with Gasteiger partial charge in [0.15, 0.2) is 0 Å². The van der Waals surface area contributed by atoms with E-state index in [4.69, 9.17) is 0 Å². The van der Waals surface area contributed by atoms with Crippen LogP contribution in [0.1, 0.15) is 31.2 Å². The molecule has 1 aromatic rings. The van der Waals surface area contributed by atoms with Crippen molar-refractivity contribution in [3.63, 3.8) is 0 Å². The first-order valence-electron chi connectivity index (χ1n) is 8.08. The van der Waals surface area contributed by atoms with Crippen molar-refractivity contribution in [2.75, 3.05) is 24.5 Å². The van der Waals surface area contributed by atoms with E-state index >= 15 is 0 Å². The van der Waals surface area contributed by atoms with Gasteiger partial charge in [0, 0.05) is 31.4 Å². The zero-order valence-electron chi connectivity index (χ0n) is 12.8. The van der Waals surface area contributed by atoms with Gasteiger partial charge in [0.1, 0.15) is 0 Å². The molecule has 0 aromatic heterocycles. The number of hydrogen-bond donors (Lipinski definition) is 2. The van der Waals surface area contributed by atoms with Crippen LogP contribution >= 0.6 is 0 Å². The summed E-state index contributed by atoms with van der Waals surface area (Å²) in [5.41, 5.74) is 2.70. The Morgan fingerprint density at radius 3 is 2.67 bits per heavy atom. The molecule has 2 N–H and O–H groups in total. The van der Waals surface area contributed by atoms with Crippen LogP contribution in [0, 0.1) is 6.92 Å². The fraction of sp³-hybridized carbons (Fsp3) is 0.588. The van der Waals surface area contributed by atoms with Gasteiger partial charge in [-0.1, -0.05) is 18.2 Å². The summed E-state index contributed by atoms with van der Waals surface area (Å²) >= 11 is 0. The number of aryl methyl sites for hydroxylation is 1.